The van der Waals surface area contributed by atoms with Gasteiger partial charge in [-0.15, -0.1) is 0 Å². The Hall–Kier alpha value is -2.50. The van der Waals surface area contributed by atoms with Gasteiger partial charge in [-0.1, -0.05) is 42.5 Å². The van der Waals surface area contributed by atoms with Crippen LogP contribution in [0.2, 0.25) is 0 Å². The molecular formula is C20H20O5. The van der Waals surface area contributed by atoms with Gasteiger partial charge < -0.3 is 14.2 Å². The van der Waals surface area contributed by atoms with Crippen molar-refractivity contribution in [1.29, 1.82) is 0 Å². The normalized spacial score (nSPS) is 21.7. The second kappa shape index (κ2) is 6.78. The van der Waals surface area contributed by atoms with Crippen molar-refractivity contribution in [2.45, 2.75) is 31.8 Å². The van der Waals surface area contributed by atoms with E-state index < -0.39 is 18.0 Å². The molecule has 5 heteroatoms. The molecule has 2 atom stereocenters. The fourth-order valence-corrected chi connectivity index (χ4v) is 3.11. The van der Waals surface area contributed by atoms with Gasteiger partial charge in [0.2, 0.25) is 5.60 Å². The van der Waals surface area contributed by atoms with Gasteiger partial charge >= 0.3 is 0 Å². The van der Waals surface area contributed by atoms with Crippen LogP contribution < -0.4 is 4.74 Å². The summed E-state index contributed by atoms with van der Waals surface area (Å²) in [5.74, 6) is -0.0722. The summed E-state index contributed by atoms with van der Waals surface area (Å²) in [7, 11) is 1.57. The third-order valence-corrected chi connectivity index (χ3v) is 4.46. The molecule has 0 bridgehead atoms. The zero-order valence-electron chi connectivity index (χ0n) is 14.4. The van der Waals surface area contributed by atoms with Gasteiger partial charge in [-0.2, -0.15) is 0 Å². The summed E-state index contributed by atoms with van der Waals surface area (Å²) in [4.78, 5) is 24.9. The molecule has 25 heavy (non-hydrogen) atoms. The van der Waals surface area contributed by atoms with Gasteiger partial charge in [0.25, 0.3) is 0 Å². The minimum atomic E-state index is -1.66. The van der Waals surface area contributed by atoms with Crippen LogP contribution in [0.5, 0.6) is 5.75 Å². The summed E-state index contributed by atoms with van der Waals surface area (Å²) in [6, 6.07) is 16.3. The maximum atomic E-state index is 12.4. The smallest absolute Gasteiger partial charge is 0.217 e. The molecule has 130 valence electrons. The first-order valence-electron chi connectivity index (χ1n) is 8.03. The molecule has 1 heterocycles. The SMILES string of the molecule is COc1ccc([C@@H]2O[C@H](c3ccccc3)OC2(C(C)=O)C(C)=O)cc1. The molecule has 1 aliphatic heterocycles. The Morgan fingerprint density at radius 2 is 1.52 bits per heavy atom. The molecule has 0 saturated carbocycles. The van der Waals surface area contributed by atoms with Gasteiger partial charge in [-0.05, 0) is 31.5 Å². The van der Waals surface area contributed by atoms with E-state index in [9.17, 15) is 9.59 Å². The third-order valence-electron chi connectivity index (χ3n) is 4.46. The molecular weight excluding hydrogens is 320 g/mol. The first-order chi connectivity index (χ1) is 12.0. The van der Waals surface area contributed by atoms with Crippen LogP contribution in [-0.2, 0) is 19.1 Å². The number of carbonyl (C=O) groups is 2. The maximum Gasteiger partial charge on any atom is 0.217 e. The molecule has 2 aromatic carbocycles. The van der Waals surface area contributed by atoms with Crippen molar-refractivity contribution in [2.75, 3.05) is 7.11 Å². The molecule has 0 aliphatic carbocycles. The molecule has 1 saturated heterocycles. The molecule has 1 aliphatic rings. The molecule has 0 unspecified atom stereocenters. The first kappa shape index (κ1) is 17.3. The van der Waals surface area contributed by atoms with Crippen molar-refractivity contribution in [1.82, 2.24) is 0 Å². The lowest BCUT2D eigenvalue weighted by atomic mass is 9.84. The third kappa shape index (κ3) is 2.97. The molecule has 0 radical (unpaired) electrons. The lowest BCUT2D eigenvalue weighted by Crippen LogP contribution is -2.48. The van der Waals surface area contributed by atoms with Crippen LogP contribution in [0.3, 0.4) is 0 Å². The van der Waals surface area contributed by atoms with Crippen LogP contribution >= 0.6 is 0 Å². The van der Waals surface area contributed by atoms with Crippen LogP contribution in [0.4, 0.5) is 0 Å². The Balaban J connectivity index is 2.05. The number of hydrogen-bond acceptors (Lipinski definition) is 5. The van der Waals surface area contributed by atoms with Crippen molar-refractivity contribution in [3.05, 3.63) is 65.7 Å². The highest BCUT2D eigenvalue weighted by atomic mass is 16.7. The Morgan fingerprint density at radius 3 is 2.04 bits per heavy atom. The predicted octanol–water partition coefficient (Wildman–Crippen LogP) is 3.40. The monoisotopic (exact) mass is 340 g/mol. The molecule has 2 aromatic rings. The zero-order chi connectivity index (χ0) is 18.0. The van der Waals surface area contributed by atoms with Gasteiger partial charge in [0.05, 0.1) is 7.11 Å². The van der Waals surface area contributed by atoms with Crippen LogP contribution in [-0.4, -0.2) is 24.3 Å². The molecule has 0 aromatic heterocycles. The van der Waals surface area contributed by atoms with Crippen molar-refractivity contribution < 1.29 is 23.8 Å². The van der Waals surface area contributed by atoms with E-state index >= 15 is 0 Å². The van der Waals surface area contributed by atoms with Gasteiger partial charge in [0.15, 0.2) is 17.9 Å². The number of methoxy groups -OCH3 is 1. The molecule has 0 amide bonds. The minimum absolute atomic E-state index is 0.376. The highest BCUT2D eigenvalue weighted by Crippen LogP contribution is 2.48. The molecule has 1 fully saturated rings. The van der Waals surface area contributed by atoms with E-state index in [1.54, 1.807) is 31.4 Å². The lowest BCUT2D eigenvalue weighted by Gasteiger charge is -2.27. The van der Waals surface area contributed by atoms with Crippen molar-refractivity contribution in [3.63, 3.8) is 0 Å². The quantitative estimate of drug-likeness (QED) is 0.781. The summed E-state index contributed by atoms with van der Waals surface area (Å²) in [6.45, 7) is 2.71. The Morgan fingerprint density at radius 1 is 0.920 bits per heavy atom. The summed E-state index contributed by atoms with van der Waals surface area (Å²) < 4.78 is 17.1. The van der Waals surface area contributed by atoms with Crippen molar-refractivity contribution in [3.8, 4) is 5.75 Å². The maximum absolute atomic E-state index is 12.4. The van der Waals surface area contributed by atoms with Gasteiger partial charge in [-0.3, -0.25) is 9.59 Å². The number of ketones is 2. The Bertz CT molecular complexity index is 752. The van der Waals surface area contributed by atoms with E-state index in [0.717, 1.165) is 5.56 Å². The Labute approximate surface area is 146 Å². The lowest BCUT2D eigenvalue weighted by molar-refractivity contribution is -0.157. The van der Waals surface area contributed by atoms with Crippen molar-refractivity contribution in [2.24, 2.45) is 0 Å². The van der Waals surface area contributed by atoms with Gasteiger partial charge in [0, 0.05) is 5.56 Å². The topological polar surface area (TPSA) is 61.8 Å². The van der Waals surface area contributed by atoms with Crippen LogP contribution in [0.1, 0.15) is 37.4 Å². The number of rotatable bonds is 5. The average Bonchev–Trinajstić information content (AvgIpc) is 3.05. The fraction of sp³-hybridized carbons (Fsp3) is 0.300. The van der Waals surface area contributed by atoms with E-state index in [4.69, 9.17) is 14.2 Å². The fourth-order valence-electron chi connectivity index (χ4n) is 3.11. The minimum Gasteiger partial charge on any atom is -0.497 e. The van der Waals surface area contributed by atoms with E-state index in [1.807, 2.05) is 30.3 Å². The number of hydrogen-bond donors (Lipinski definition) is 0. The van der Waals surface area contributed by atoms with E-state index in [-0.39, 0.29) is 11.6 Å². The Kier molecular flexibility index (Phi) is 4.70. The van der Waals surface area contributed by atoms with E-state index in [1.165, 1.54) is 13.8 Å². The zero-order valence-corrected chi connectivity index (χ0v) is 14.4. The first-order valence-corrected chi connectivity index (χ1v) is 8.03. The molecule has 0 N–H and O–H groups in total. The second-order valence-corrected chi connectivity index (χ2v) is 6.00. The molecule has 0 spiro atoms. The molecule has 3 rings (SSSR count). The summed E-state index contributed by atoms with van der Waals surface area (Å²) in [5, 5.41) is 0. The number of benzene rings is 2. The standard InChI is InChI=1S/C20H20O5/c1-13(21)20(14(2)22)18(15-9-11-17(23-3)12-10-15)24-19(25-20)16-7-5-4-6-8-16/h4-12,18-19H,1-3H3/t18-,19-/m0/s1. The van der Waals surface area contributed by atoms with Crippen LogP contribution in [0.25, 0.3) is 0 Å². The molecule has 5 nitrogen and oxygen atoms in total. The van der Waals surface area contributed by atoms with E-state index in [0.29, 0.717) is 11.3 Å². The largest absolute Gasteiger partial charge is 0.497 e. The summed E-state index contributed by atoms with van der Waals surface area (Å²) >= 11 is 0. The van der Waals surface area contributed by atoms with Gasteiger partial charge in [0.1, 0.15) is 11.9 Å². The second-order valence-electron chi connectivity index (χ2n) is 6.00. The highest BCUT2D eigenvalue weighted by Gasteiger charge is 2.58. The number of carbonyl (C=O) groups excluding carboxylic acids is 2. The van der Waals surface area contributed by atoms with E-state index in [2.05, 4.69) is 0 Å². The van der Waals surface area contributed by atoms with Crippen molar-refractivity contribution >= 4 is 11.6 Å². The predicted molar refractivity (Wildman–Crippen MR) is 91.2 cm³/mol. The van der Waals surface area contributed by atoms with Gasteiger partial charge in [-0.25, -0.2) is 0 Å². The van der Waals surface area contributed by atoms with Crippen LogP contribution in [0, 0.1) is 0 Å². The van der Waals surface area contributed by atoms with Crippen LogP contribution in [0.15, 0.2) is 54.6 Å². The highest BCUT2D eigenvalue weighted by molar-refractivity contribution is 6.09. The summed E-state index contributed by atoms with van der Waals surface area (Å²) in [5.41, 5.74) is -0.218. The number of Topliss-reactive ketones (excluding diaryl/α,β-unsaturated/α-hetero) is 2. The average molecular weight is 340 g/mol. The number of ether oxygens (including phenoxy) is 3. The summed E-state index contributed by atoms with van der Waals surface area (Å²) in [6.07, 6.45) is -1.61.